The number of anilines is 1. The van der Waals surface area contributed by atoms with Crippen LogP contribution in [0.4, 0.5) is 10.5 Å². The molecule has 1 aliphatic rings. The Balaban J connectivity index is 1.41. The molecule has 0 atom stereocenters. The van der Waals surface area contributed by atoms with Gasteiger partial charge >= 0.3 is 6.03 Å². The Kier molecular flexibility index (Phi) is 4.01. The largest absolute Gasteiger partial charge is 0.331 e. The number of thiazole rings is 1. The molecule has 0 aliphatic carbocycles. The number of aromatic nitrogens is 1. The topological polar surface area (TPSA) is 45.2 Å². The van der Waals surface area contributed by atoms with Crippen molar-refractivity contribution in [3.8, 4) is 11.3 Å². The molecule has 1 N–H and O–H groups in total. The predicted molar refractivity (Wildman–Crippen MR) is 97.3 cm³/mol. The molecule has 2 amide bonds. The highest BCUT2D eigenvalue weighted by Crippen LogP contribution is 2.27. The number of para-hydroxylation sites is 1. The second kappa shape index (κ2) is 6.45. The van der Waals surface area contributed by atoms with Gasteiger partial charge in [-0.2, -0.15) is 0 Å². The van der Waals surface area contributed by atoms with Gasteiger partial charge in [0.15, 0.2) is 0 Å². The maximum absolute atomic E-state index is 12.4. The van der Waals surface area contributed by atoms with Gasteiger partial charge in [-0.15, -0.1) is 11.3 Å². The number of hydrogen-bond acceptors (Lipinski definition) is 3. The quantitative estimate of drug-likeness (QED) is 0.784. The fraction of sp³-hybridized carbons (Fsp3) is 0.158. The van der Waals surface area contributed by atoms with Crippen LogP contribution in [0.25, 0.3) is 11.3 Å². The first-order chi connectivity index (χ1) is 11.8. The zero-order valence-electron chi connectivity index (χ0n) is 13.1. The summed E-state index contributed by atoms with van der Waals surface area (Å²) in [6, 6.07) is 18.1. The van der Waals surface area contributed by atoms with E-state index >= 15 is 0 Å². The summed E-state index contributed by atoms with van der Waals surface area (Å²) in [5.74, 6) is 0. The standard InChI is InChI=1S/C19H17N3OS/c23-19(22-11-10-15-8-4-5-9-17(15)22)20-12-18-21-16(13-24-18)14-6-2-1-3-7-14/h1-9,13H,10-12H2,(H,20,23). The van der Waals surface area contributed by atoms with Crippen molar-refractivity contribution in [3.63, 3.8) is 0 Å². The van der Waals surface area contributed by atoms with Gasteiger partial charge in [-0.05, 0) is 18.1 Å². The van der Waals surface area contributed by atoms with Crippen LogP contribution in [0.3, 0.4) is 0 Å². The minimum atomic E-state index is -0.0589. The molecule has 4 nitrogen and oxygen atoms in total. The Morgan fingerprint density at radius 1 is 1.12 bits per heavy atom. The predicted octanol–water partition coefficient (Wildman–Crippen LogP) is 4.08. The number of rotatable bonds is 3. The Morgan fingerprint density at radius 2 is 1.92 bits per heavy atom. The molecule has 0 bridgehead atoms. The van der Waals surface area contributed by atoms with E-state index in [2.05, 4.69) is 16.4 Å². The van der Waals surface area contributed by atoms with E-state index in [1.54, 1.807) is 16.2 Å². The number of urea groups is 1. The molecule has 4 rings (SSSR count). The van der Waals surface area contributed by atoms with E-state index < -0.39 is 0 Å². The van der Waals surface area contributed by atoms with E-state index in [4.69, 9.17) is 0 Å². The zero-order chi connectivity index (χ0) is 16.4. The van der Waals surface area contributed by atoms with Crippen molar-refractivity contribution in [1.82, 2.24) is 10.3 Å². The number of carbonyl (C=O) groups is 1. The van der Waals surface area contributed by atoms with Crippen LogP contribution in [-0.4, -0.2) is 17.6 Å². The summed E-state index contributed by atoms with van der Waals surface area (Å²) in [5.41, 5.74) is 4.29. The molecule has 0 fully saturated rings. The average Bonchev–Trinajstić information content (AvgIpc) is 3.27. The number of hydrogen-bond donors (Lipinski definition) is 1. The fourth-order valence-electron chi connectivity index (χ4n) is 2.93. The Hall–Kier alpha value is -2.66. The number of fused-ring (bicyclic) bond motifs is 1. The lowest BCUT2D eigenvalue weighted by molar-refractivity contribution is 0.246. The molecule has 3 aromatic rings. The van der Waals surface area contributed by atoms with Crippen molar-refractivity contribution in [1.29, 1.82) is 0 Å². The van der Waals surface area contributed by atoms with Crippen LogP contribution in [-0.2, 0) is 13.0 Å². The van der Waals surface area contributed by atoms with E-state index in [9.17, 15) is 4.79 Å². The van der Waals surface area contributed by atoms with E-state index in [-0.39, 0.29) is 6.03 Å². The number of amides is 2. The second-order valence-electron chi connectivity index (χ2n) is 5.68. The summed E-state index contributed by atoms with van der Waals surface area (Å²) in [5, 5.41) is 5.92. The molecular weight excluding hydrogens is 318 g/mol. The number of nitrogens with zero attached hydrogens (tertiary/aromatic N) is 2. The monoisotopic (exact) mass is 335 g/mol. The molecule has 2 heterocycles. The van der Waals surface area contributed by atoms with Gasteiger partial charge in [-0.25, -0.2) is 9.78 Å². The SMILES string of the molecule is O=C(NCc1nc(-c2ccccc2)cs1)N1CCc2ccccc21. The number of carbonyl (C=O) groups excluding carboxylic acids is 1. The average molecular weight is 335 g/mol. The van der Waals surface area contributed by atoms with Crippen LogP contribution in [0.2, 0.25) is 0 Å². The van der Waals surface area contributed by atoms with Crippen molar-refractivity contribution in [2.45, 2.75) is 13.0 Å². The lowest BCUT2D eigenvalue weighted by atomic mass is 10.2. The molecular formula is C19H17N3OS. The van der Waals surface area contributed by atoms with Crippen molar-refractivity contribution in [2.24, 2.45) is 0 Å². The molecule has 2 aromatic carbocycles. The van der Waals surface area contributed by atoms with Crippen LogP contribution in [0.5, 0.6) is 0 Å². The summed E-state index contributed by atoms with van der Waals surface area (Å²) < 4.78 is 0. The molecule has 0 radical (unpaired) electrons. The van der Waals surface area contributed by atoms with Crippen molar-refractivity contribution in [3.05, 3.63) is 70.5 Å². The van der Waals surface area contributed by atoms with Crippen molar-refractivity contribution < 1.29 is 4.79 Å². The third-order valence-electron chi connectivity index (χ3n) is 4.14. The van der Waals surface area contributed by atoms with E-state index in [0.717, 1.165) is 34.9 Å². The van der Waals surface area contributed by atoms with Crippen LogP contribution in [0.15, 0.2) is 60.0 Å². The summed E-state index contributed by atoms with van der Waals surface area (Å²) in [7, 11) is 0. The van der Waals surface area contributed by atoms with Gasteiger partial charge in [0.05, 0.1) is 12.2 Å². The molecule has 1 aromatic heterocycles. The summed E-state index contributed by atoms with van der Waals surface area (Å²) in [6.07, 6.45) is 0.916. The Bertz CT molecular complexity index is 860. The van der Waals surface area contributed by atoms with E-state index in [1.807, 2.05) is 53.9 Å². The number of benzene rings is 2. The van der Waals surface area contributed by atoms with E-state index in [0.29, 0.717) is 6.54 Å². The second-order valence-corrected chi connectivity index (χ2v) is 6.62. The zero-order valence-corrected chi connectivity index (χ0v) is 13.9. The van der Waals surface area contributed by atoms with Crippen LogP contribution >= 0.6 is 11.3 Å². The Morgan fingerprint density at radius 3 is 2.79 bits per heavy atom. The minimum Gasteiger partial charge on any atom is -0.331 e. The first kappa shape index (κ1) is 14.9. The first-order valence-corrected chi connectivity index (χ1v) is 8.82. The maximum Gasteiger partial charge on any atom is 0.322 e. The van der Waals surface area contributed by atoms with Crippen molar-refractivity contribution >= 4 is 23.1 Å². The first-order valence-electron chi connectivity index (χ1n) is 7.94. The van der Waals surface area contributed by atoms with Crippen molar-refractivity contribution in [2.75, 3.05) is 11.4 Å². The fourth-order valence-corrected chi connectivity index (χ4v) is 3.67. The molecule has 1 aliphatic heterocycles. The highest BCUT2D eigenvalue weighted by Gasteiger charge is 2.23. The smallest absolute Gasteiger partial charge is 0.322 e. The third kappa shape index (κ3) is 2.90. The van der Waals surface area contributed by atoms with Gasteiger partial charge < -0.3 is 5.32 Å². The molecule has 5 heteroatoms. The molecule has 120 valence electrons. The van der Waals surface area contributed by atoms with E-state index in [1.165, 1.54) is 5.56 Å². The van der Waals surface area contributed by atoms with Gasteiger partial charge in [-0.3, -0.25) is 4.90 Å². The highest BCUT2D eigenvalue weighted by molar-refractivity contribution is 7.09. The lowest BCUT2D eigenvalue weighted by Crippen LogP contribution is -2.38. The molecule has 0 saturated heterocycles. The molecule has 0 unspecified atom stereocenters. The van der Waals surface area contributed by atoms with Gasteiger partial charge in [0.25, 0.3) is 0 Å². The summed E-state index contributed by atoms with van der Waals surface area (Å²) in [6.45, 7) is 1.19. The van der Waals surface area contributed by atoms with Gasteiger partial charge in [-0.1, -0.05) is 48.5 Å². The van der Waals surface area contributed by atoms with Crippen LogP contribution in [0, 0.1) is 0 Å². The molecule has 0 spiro atoms. The number of nitrogens with one attached hydrogen (secondary N) is 1. The Labute approximate surface area is 144 Å². The van der Waals surface area contributed by atoms with Gasteiger partial charge in [0.1, 0.15) is 5.01 Å². The van der Waals surface area contributed by atoms with Crippen LogP contribution in [0.1, 0.15) is 10.6 Å². The lowest BCUT2D eigenvalue weighted by Gasteiger charge is -2.17. The molecule has 24 heavy (non-hydrogen) atoms. The summed E-state index contributed by atoms with van der Waals surface area (Å²) in [4.78, 5) is 18.9. The van der Waals surface area contributed by atoms with Crippen LogP contribution < -0.4 is 10.2 Å². The van der Waals surface area contributed by atoms with Gasteiger partial charge in [0, 0.05) is 23.2 Å². The highest BCUT2D eigenvalue weighted by atomic mass is 32.1. The van der Waals surface area contributed by atoms with Gasteiger partial charge in [0.2, 0.25) is 0 Å². The summed E-state index contributed by atoms with van der Waals surface area (Å²) >= 11 is 1.57. The minimum absolute atomic E-state index is 0.0589. The third-order valence-corrected chi connectivity index (χ3v) is 4.99. The normalized spacial score (nSPS) is 12.9. The molecule has 0 saturated carbocycles. The maximum atomic E-state index is 12.4.